The van der Waals surface area contributed by atoms with Crippen molar-refractivity contribution in [1.29, 1.82) is 0 Å². The molecule has 3 N–H and O–H groups in total. The molecule has 0 bridgehead atoms. The van der Waals surface area contributed by atoms with Gasteiger partial charge in [-0.15, -0.1) is 0 Å². The number of aliphatic hydroxyl groups excluding tert-OH is 1. The second-order valence-electron chi connectivity index (χ2n) is 9.37. The lowest BCUT2D eigenvalue weighted by Crippen LogP contribution is -2.59. The van der Waals surface area contributed by atoms with Crippen molar-refractivity contribution in [1.82, 2.24) is 0 Å². The predicted molar refractivity (Wildman–Crippen MR) is 108 cm³/mol. The number of aliphatic carboxylic acids is 1. The highest BCUT2D eigenvalue weighted by Crippen LogP contribution is 2.58. The zero-order valence-electron chi connectivity index (χ0n) is 17.4. The molecule has 0 spiro atoms. The largest absolute Gasteiger partial charge is 0.481 e. The SMILES string of the molecule is CO[C@]12CC[C@@H](O)[C@H](CCCC3(O)CCCCC3)[C@H]1CC2=CCCCC(=O)O. The van der Waals surface area contributed by atoms with Crippen LogP contribution in [-0.2, 0) is 9.53 Å². The zero-order chi connectivity index (χ0) is 20.2. The molecule has 3 fully saturated rings. The van der Waals surface area contributed by atoms with E-state index in [0.29, 0.717) is 12.3 Å². The molecule has 3 rings (SSSR count). The van der Waals surface area contributed by atoms with Crippen LogP contribution in [0.3, 0.4) is 0 Å². The number of carboxylic acid groups (broad SMARTS) is 1. The van der Waals surface area contributed by atoms with Gasteiger partial charge >= 0.3 is 5.97 Å². The summed E-state index contributed by atoms with van der Waals surface area (Å²) in [5.74, 6) is -0.170. The molecule has 0 aromatic carbocycles. The Labute approximate surface area is 169 Å². The van der Waals surface area contributed by atoms with E-state index < -0.39 is 11.6 Å². The number of hydrogen-bond donors (Lipinski definition) is 3. The number of rotatable bonds is 9. The molecule has 0 unspecified atom stereocenters. The van der Waals surface area contributed by atoms with Crippen molar-refractivity contribution in [3.63, 3.8) is 0 Å². The summed E-state index contributed by atoms with van der Waals surface area (Å²) in [6, 6.07) is 0. The highest BCUT2D eigenvalue weighted by atomic mass is 16.5. The summed E-state index contributed by atoms with van der Waals surface area (Å²) in [5.41, 5.74) is 0.563. The first kappa shape index (κ1) is 21.8. The summed E-state index contributed by atoms with van der Waals surface area (Å²) in [6.45, 7) is 0. The topological polar surface area (TPSA) is 87.0 Å². The third-order valence-corrected chi connectivity index (χ3v) is 7.72. The van der Waals surface area contributed by atoms with Crippen LogP contribution in [0.5, 0.6) is 0 Å². The summed E-state index contributed by atoms with van der Waals surface area (Å²) in [7, 11) is 1.77. The molecule has 5 nitrogen and oxygen atoms in total. The van der Waals surface area contributed by atoms with E-state index in [4.69, 9.17) is 9.84 Å². The van der Waals surface area contributed by atoms with E-state index in [9.17, 15) is 15.0 Å². The van der Waals surface area contributed by atoms with Gasteiger partial charge in [0.25, 0.3) is 0 Å². The minimum absolute atomic E-state index is 0.206. The number of aliphatic hydroxyl groups is 2. The van der Waals surface area contributed by atoms with Crippen LogP contribution in [0.15, 0.2) is 11.6 Å². The van der Waals surface area contributed by atoms with E-state index in [0.717, 1.165) is 70.6 Å². The number of ether oxygens (including phenoxy) is 1. The first-order valence-corrected chi connectivity index (χ1v) is 11.3. The van der Waals surface area contributed by atoms with Crippen molar-refractivity contribution in [2.75, 3.05) is 7.11 Å². The van der Waals surface area contributed by atoms with E-state index in [1.807, 2.05) is 0 Å². The molecular formula is C23H38O5. The van der Waals surface area contributed by atoms with E-state index in [2.05, 4.69) is 6.08 Å². The van der Waals surface area contributed by atoms with Crippen molar-refractivity contribution in [2.24, 2.45) is 11.8 Å². The van der Waals surface area contributed by atoms with Gasteiger partial charge in [-0.1, -0.05) is 31.8 Å². The fraction of sp³-hybridized carbons (Fsp3) is 0.870. The Morgan fingerprint density at radius 3 is 2.64 bits per heavy atom. The Bertz CT molecular complexity index is 565. The Morgan fingerprint density at radius 1 is 1.21 bits per heavy atom. The van der Waals surface area contributed by atoms with Gasteiger partial charge in [-0.25, -0.2) is 0 Å². The summed E-state index contributed by atoms with van der Waals surface area (Å²) in [5, 5.41) is 30.2. The summed E-state index contributed by atoms with van der Waals surface area (Å²) >= 11 is 0. The fourth-order valence-corrected chi connectivity index (χ4v) is 6.06. The van der Waals surface area contributed by atoms with E-state index in [-0.39, 0.29) is 24.0 Å². The average Bonchev–Trinajstić information content (AvgIpc) is 2.65. The van der Waals surface area contributed by atoms with Crippen LogP contribution in [-0.4, -0.2) is 45.7 Å². The number of hydrogen-bond acceptors (Lipinski definition) is 4. The van der Waals surface area contributed by atoms with Gasteiger partial charge in [-0.2, -0.15) is 0 Å². The summed E-state index contributed by atoms with van der Waals surface area (Å²) in [4.78, 5) is 10.7. The first-order chi connectivity index (χ1) is 13.4. The first-order valence-electron chi connectivity index (χ1n) is 11.3. The van der Waals surface area contributed by atoms with Gasteiger partial charge in [0, 0.05) is 19.4 Å². The van der Waals surface area contributed by atoms with Crippen LogP contribution >= 0.6 is 0 Å². The summed E-state index contributed by atoms with van der Waals surface area (Å²) < 4.78 is 6.02. The average molecular weight is 395 g/mol. The molecule has 28 heavy (non-hydrogen) atoms. The van der Waals surface area contributed by atoms with Crippen LogP contribution in [0, 0.1) is 11.8 Å². The van der Waals surface area contributed by atoms with E-state index in [1.165, 1.54) is 12.0 Å². The molecule has 3 aliphatic carbocycles. The highest BCUT2D eigenvalue weighted by Gasteiger charge is 2.58. The van der Waals surface area contributed by atoms with E-state index >= 15 is 0 Å². The molecule has 160 valence electrons. The van der Waals surface area contributed by atoms with E-state index in [1.54, 1.807) is 7.11 Å². The molecule has 0 heterocycles. The van der Waals surface area contributed by atoms with Crippen LogP contribution in [0.2, 0.25) is 0 Å². The van der Waals surface area contributed by atoms with Crippen molar-refractivity contribution in [2.45, 2.75) is 107 Å². The Hall–Kier alpha value is -0.910. The molecule has 5 heteroatoms. The van der Waals surface area contributed by atoms with Gasteiger partial charge < -0.3 is 20.1 Å². The third-order valence-electron chi connectivity index (χ3n) is 7.72. The molecule has 3 saturated carbocycles. The Balaban J connectivity index is 1.56. The van der Waals surface area contributed by atoms with Crippen molar-refractivity contribution in [3.8, 4) is 0 Å². The lowest BCUT2D eigenvalue weighted by molar-refractivity contribution is -0.154. The second kappa shape index (κ2) is 9.27. The molecule has 0 aliphatic heterocycles. The zero-order valence-corrected chi connectivity index (χ0v) is 17.4. The van der Waals surface area contributed by atoms with Crippen LogP contribution in [0.1, 0.15) is 89.9 Å². The molecule has 0 saturated heterocycles. The quantitative estimate of drug-likeness (QED) is 0.403. The van der Waals surface area contributed by atoms with Crippen molar-refractivity contribution in [3.05, 3.63) is 11.6 Å². The molecular weight excluding hydrogens is 356 g/mol. The van der Waals surface area contributed by atoms with Crippen LogP contribution in [0.4, 0.5) is 0 Å². The number of allylic oxidation sites excluding steroid dienone is 1. The van der Waals surface area contributed by atoms with Gasteiger partial charge in [0.1, 0.15) is 0 Å². The maximum absolute atomic E-state index is 10.8. The second-order valence-corrected chi connectivity index (χ2v) is 9.37. The lowest BCUT2D eigenvalue weighted by atomic mass is 9.52. The Kier molecular flexibility index (Phi) is 7.21. The maximum atomic E-state index is 10.8. The van der Waals surface area contributed by atoms with Crippen molar-refractivity contribution >= 4 is 5.97 Å². The fourth-order valence-electron chi connectivity index (χ4n) is 6.06. The third kappa shape index (κ3) is 4.63. The minimum Gasteiger partial charge on any atom is -0.481 e. The maximum Gasteiger partial charge on any atom is 0.303 e. The number of carbonyl (C=O) groups is 1. The number of carboxylic acids is 1. The summed E-state index contributed by atoms with van der Waals surface area (Å²) in [6.07, 6.45) is 14.2. The molecule has 4 atom stereocenters. The number of fused-ring (bicyclic) bond motifs is 1. The van der Waals surface area contributed by atoms with Crippen LogP contribution < -0.4 is 0 Å². The normalized spacial score (nSPS) is 36.0. The molecule has 3 aliphatic rings. The minimum atomic E-state index is -0.744. The van der Waals surface area contributed by atoms with Gasteiger partial charge in [-0.3, -0.25) is 4.79 Å². The molecule has 0 aromatic heterocycles. The number of unbranched alkanes of at least 4 members (excludes halogenated alkanes) is 1. The van der Waals surface area contributed by atoms with Crippen molar-refractivity contribution < 1.29 is 24.9 Å². The Morgan fingerprint density at radius 2 is 1.96 bits per heavy atom. The van der Waals surface area contributed by atoms with Gasteiger partial charge in [0.2, 0.25) is 0 Å². The lowest BCUT2D eigenvalue weighted by Gasteiger charge is -2.58. The molecule has 0 aromatic rings. The predicted octanol–water partition coefficient (Wildman–Crippen LogP) is 4.21. The molecule has 0 amide bonds. The van der Waals surface area contributed by atoms with Gasteiger partial charge in [0.15, 0.2) is 0 Å². The van der Waals surface area contributed by atoms with Gasteiger partial charge in [-0.05, 0) is 69.3 Å². The number of methoxy groups -OCH3 is 1. The standard InChI is InChI=1S/C23H38O5/c1-28-23-15-11-20(24)18(9-7-14-22(27)12-5-2-6-13-22)19(23)16-17(23)8-3-4-10-21(25)26/h8,18-20,24,27H,2-7,9-16H2,1H3,(H,25,26)/t18-,19-,20-,23+/m1/s1. The monoisotopic (exact) mass is 394 g/mol. The smallest absolute Gasteiger partial charge is 0.303 e. The van der Waals surface area contributed by atoms with Crippen LogP contribution in [0.25, 0.3) is 0 Å². The van der Waals surface area contributed by atoms with Gasteiger partial charge in [0.05, 0.1) is 17.3 Å². The molecule has 0 radical (unpaired) electrons. The highest BCUT2D eigenvalue weighted by molar-refractivity contribution is 5.66.